The molecule has 0 spiro atoms. The maximum Gasteiger partial charge on any atom is 0.410 e. The van der Waals surface area contributed by atoms with E-state index in [1.54, 1.807) is 18.0 Å². The van der Waals surface area contributed by atoms with Crippen LogP contribution >= 0.6 is 34.2 Å². The van der Waals surface area contributed by atoms with Crippen molar-refractivity contribution in [2.24, 2.45) is 0 Å². The van der Waals surface area contributed by atoms with Gasteiger partial charge in [0.1, 0.15) is 22.7 Å². The van der Waals surface area contributed by atoms with Crippen molar-refractivity contribution >= 4 is 51.3 Å². The molecule has 0 bridgehead atoms. The number of amides is 1. The van der Waals surface area contributed by atoms with Crippen LogP contribution in [0.5, 0.6) is 0 Å². The minimum absolute atomic E-state index is 0.118. The maximum atomic E-state index is 12.4. The number of fused-ring (bicyclic) bond motifs is 1. The van der Waals surface area contributed by atoms with E-state index in [0.717, 1.165) is 14.6 Å². The number of aromatic nitrogens is 3. The van der Waals surface area contributed by atoms with Crippen LogP contribution in [0.1, 0.15) is 27.2 Å². The highest BCUT2D eigenvalue weighted by molar-refractivity contribution is 14.1. The molecule has 0 radical (unpaired) electrons. The summed E-state index contributed by atoms with van der Waals surface area (Å²) in [5, 5.41) is 1.25. The molecule has 136 valence electrons. The van der Waals surface area contributed by atoms with Crippen LogP contribution in [-0.4, -0.2) is 44.2 Å². The average molecular weight is 477 g/mol. The Morgan fingerprint density at radius 1 is 1.52 bits per heavy atom. The van der Waals surface area contributed by atoms with Gasteiger partial charge in [-0.15, -0.1) is 6.58 Å². The molecule has 8 heteroatoms. The number of hydrogen-bond donors (Lipinski definition) is 0. The van der Waals surface area contributed by atoms with Crippen LogP contribution in [0.15, 0.2) is 25.2 Å². The SMILES string of the molecule is C=CC[C@@H](Cn1cc(I)c2c(Cl)ncnc21)N(C)C(=O)OC(C)(C)C. The highest BCUT2D eigenvalue weighted by Gasteiger charge is 2.26. The standard InChI is InChI=1S/C17H22ClIN4O2/c1-6-7-11(22(5)16(24)25-17(2,3)4)8-23-9-12(19)13-14(18)20-10-21-15(13)23/h6,9-11H,1,7-8H2,2-5H3/t11-/m0/s1. The molecule has 0 aliphatic heterocycles. The van der Waals surface area contributed by atoms with E-state index >= 15 is 0 Å². The van der Waals surface area contributed by atoms with Gasteiger partial charge >= 0.3 is 6.09 Å². The Labute approximate surface area is 166 Å². The van der Waals surface area contributed by atoms with Crippen LogP contribution < -0.4 is 0 Å². The molecule has 2 aromatic heterocycles. The molecular weight excluding hydrogens is 455 g/mol. The van der Waals surface area contributed by atoms with Crippen LogP contribution in [-0.2, 0) is 11.3 Å². The Morgan fingerprint density at radius 2 is 2.20 bits per heavy atom. The predicted molar refractivity (Wildman–Crippen MR) is 108 cm³/mol. The Bertz CT molecular complexity index is 785. The largest absolute Gasteiger partial charge is 0.444 e. The number of carbonyl (C=O) groups excluding carboxylic acids is 1. The zero-order chi connectivity index (χ0) is 18.8. The Hall–Kier alpha value is -1.35. The Morgan fingerprint density at radius 3 is 2.80 bits per heavy atom. The third-order valence-corrected chi connectivity index (χ3v) is 4.74. The van der Waals surface area contributed by atoms with E-state index in [1.807, 2.05) is 31.5 Å². The summed E-state index contributed by atoms with van der Waals surface area (Å²) in [6, 6.07) is -0.118. The van der Waals surface area contributed by atoms with E-state index in [2.05, 4.69) is 39.1 Å². The van der Waals surface area contributed by atoms with Crippen molar-refractivity contribution in [2.75, 3.05) is 7.05 Å². The van der Waals surface area contributed by atoms with Gasteiger partial charge < -0.3 is 14.2 Å². The highest BCUT2D eigenvalue weighted by atomic mass is 127. The fourth-order valence-electron chi connectivity index (χ4n) is 2.44. The number of nitrogens with zero attached hydrogens (tertiary/aromatic N) is 4. The molecule has 2 heterocycles. The zero-order valence-electron chi connectivity index (χ0n) is 14.8. The molecule has 6 nitrogen and oxygen atoms in total. The smallest absolute Gasteiger partial charge is 0.410 e. The predicted octanol–water partition coefficient (Wildman–Crippen LogP) is 4.50. The Kier molecular flexibility index (Phi) is 6.31. The van der Waals surface area contributed by atoms with E-state index in [9.17, 15) is 4.79 Å². The first-order chi connectivity index (χ1) is 11.6. The van der Waals surface area contributed by atoms with Gasteiger partial charge in [-0.05, 0) is 49.8 Å². The second-order valence-electron chi connectivity index (χ2n) is 6.76. The van der Waals surface area contributed by atoms with Crippen molar-refractivity contribution in [3.63, 3.8) is 0 Å². The summed E-state index contributed by atoms with van der Waals surface area (Å²) in [6.07, 6.45) is 5.47. The number of hydrogen-bond acceptors (Lipinski definition) is 4. The van der Waals surface area contributed by atoms with E-state index in [-0.39, 0.29) is 12.1 Å². The lowest BCUT2D eigenvalue weighted by Gasteiger charge is -2.30. The number of rotatable bonds is 5. The van der Waals surface area contributed by atoms with E-state index in [4.69, 9.17) is 16.3 Å². The summed E-state index contributed by atoms with van der Waals surface area (Å²) in [5.74, 6) is 0. The number of halogens is 2. The van der Waals surface area contributed by atoms with Gasteiger partial charge in [0.15, 0.2) is 0 Å². The van der Waals surface area contributed by atoms with Crippen molar-refractivity contribution in [1.82, 2.24) is 19.4 Å². The highest BCUT2D eigenvalue weighted by Crippen LogP contribution is 2.27. The van der Waals surface area contributed by atoms with E-state index < -0.39 is 5.60 Å². The third-order valence-electron chi connectivity index (χ3n) is 3.64. The van der Waals surface area contributed by atoms with Gasteiger partial charge in [-0.1, -0.05) is 17.7 Å². The van der Waals surface area contributed by atoms with Gasteiger partial charge in [0.25, 0.3) is 0 Å². The molecule has 0 saturated heterocycles. The molecule has 0 N–H and O–H groups in total. The maximum absolute atomic E-state index is 12.4. The van der Waals surface area contributed by atoms with Gasteiger partial charge in [-0.3, -0.25) is 0 Å². The van der Waals surface area contributed by atoms with Gasteiger partial charge in [0.05, 0.1) is 11.4 Å². The van der Waals surface area contributed by atoms with Crippen LogP contribution in [0.2, 0.25) is 5.15 Å². The molecule has 0 aliphatic carbocycles. The fourth-order valence-corrected chi connectivity index (χ4v) is 3.66. The third kappa shape index (κ3) is 4.84. The van der Waals surface area contributed by atoms with Gasteiger partial charge in [0.2, 0.25) is 0 Å². The molecule has 1 amide bonds. The van der Waals surface area contributed by atoms with Gasteiger partial charge in [-0.2, -0.15) is 0 Å². The number of carbonyl (C=O) groups is 1. The molecule has 0 unspecified atom stereocenters. The normalized spacial score (nSPS) is 12.9. The van der Waals surface area contributed by atoms with Crippen LogP contribution in [0.25, 0.3) is 11.0 Å². The molecule has 25 heavy (non-hydrogen) atoms. The number of likely N-dealkylation sites (N-methyl/N-ethyl adjacent to an activating group) is 1. The molecule has 0 aliphatic rings. The van der Waals surface area contributed by atoms with Crippen molar-refractivity contribution in [1.29, 1.82) is 0 Å². The van der Waals surface area contributed by atoms with Crippen molar-refractivity contribution in [2.45, 2.75) is 45.4 Å². The first-order valence-corrected chi connectivity index (χ1v) is 9.31. The first kappa shape index (κ1) is 20.0. The van der Waals surface area contributed by atoms with Crippen molar-refractivity contribution in [3.8, 4) is 0 Å². The molecule has 0 saturated carbocycles. The molecular formula is C17H22ClIN4O2. The van der Waals surface area contributed by atoms with Crippen LogP contribution in [0.3, 0.4) is 0 Å². The summed E-state index contributed by atoms with van der Waals surface area (Å²) in [4.78, 5) is 22.4. The molecule has 2 rings (SSSR count). The van der Waals surface area contributed by atoms with Gasteiger partial charge in [-0.25, -0.2) is 14.8 Å². The van der Waals surface area contributed by atoms with Crippen LogP contribution in [0, 0.1) is 3.57 Å². The molecule has 1 atom stereocenters. The minimum atomic E-state index is -0.541. The second kappa shape index (κ2) is 7.90. The van der Waals surface area contributed by atoms with Crippen molar-refractivity contribution in [3.05, 3.63) is 33.9 Å². The first-order valence-electron chi connectivity index (χ1n) is 7.85. The average Bonchev–Trinajstić information content (AvgIpc) is 2.82. The molecule has 0 fully saturated rings. The quantitative estimate of drug-likeness (QED) is 0.362. The lowest BCUT2D eigenvalue weighted by Crippen LogP contribution is -2.42. The summed E-state index contributed by atoms with van der Waals surface area (Å²) < 4.78 is 8.43. The van der Waals surface area contributed by atoms with E-state index in [1.165, 1.54) is 6.33 Å². The van der Waals surface area contributed by atoms with E-state index in [0.29, 0.717) is 18.1 Å². The number of ether oxygens (including phenoxy) is 1. The summed E-state index contributed by atoms with van der Waals surface area (Å²) in [5.41, 5.74) is 0.205. The van der Waals surface area contributed by atoms with Crippen LogP contribution in [0.4, 0.5) is 4.79 Å². The summed E-state index contributed by atoms with van der Waals surface area (Å²) in [7, 11) is 1.74. The summed E-state index contributed by atoms with van der Waals surface area (Å²) in [6.45, 7) is 9.90. The van der Waals surface area contributed by atoms with Crippen molar-refractivity contribution < 1.29 is 9.53 Å². The van der Waals surface area contributed by atoms with Gasteiger partial charge in [0, 0.05) is 23.4 Å². The monoisotopic (exact) mass is 476 g/mol. The fraction of sp³-hybridized carbons (Fsp3) is 0.471. The Balaban J connectivity index is 2.29. The topological polar surface area (TPSA) is 60.2 Å². The molecule has 0 aromatic carbocycles. The minimum Gasteiger partial charge on any atom is -0.444 e. The summed E-state index contributed by atoms with van der Waals surface area (Å²) >= 11 is 8.40. The molecule has 2 aromatic rings. The lowest BCUT2D eigenvalue weighted by molar-refractivity contribution is 0.0210. The lowest BCUT2D eigenvalue weighted by atomic mass is 10.1. The second-order valence-corrected chi connectivity index (χ2v) is 8.28. The zero-order valence-corrected chi connectivity index (χ0v) is 17.7.